The molecule has 34 heavy (non-hydrogen) atoms. The number of amides is 2. The van der Waals surface area contributed by atoms with Gasteiger partial charge in [-0.05, 0) is 31.4 Å². The highest BCUT2D eigenvalue weighted by Gasteiger charge is 2.31. The summed E-state index contributed by atoms with van der Waals surface area (Å²) in [6.07, 6.45) is -0.261. The molecule has 2 amide bonds. The molecule has 1 aliphatic heterocycles. The Morgan fingerprint density at radius 3 is 2.47 bits per heavy atom. The Labute approximate surface area is 203 Å². The van der Waals surface area contributed by atoms with Gasteiger partial charge in [0.15, 0.2) is 9.84 Å². The van der Waals surface area contributed by atoms with Crippen LogP contribution in [0.15, 0.2) is 30.3 Å². The predicted octanol–water partition coefficient (Wildman–Crippen LogP) is 3.38. The third-order valence-corrected chi connectivity index (χ3v) is 7.92. The highest BCUT2D eigenvalue weighted by Crippen LogP contribution is 2.38. The number of carbonyl (C=O) groups is 3. The maximum absolute atomic E-state index is 12.7. The first-order valence-corrected chi connectivity index (χ1v) is 13.6. The zero-order valence-electron chi connectivity index (χ0n) is 19.2. The standard InChI is InChI=1S/C23H28N2O7S2/c1-3-31-22(27)20-17-10-12-25(23(28)32-4-2)14-18(17)33-21(20)24-19(26)11-13-34(29,30)15-16-8-6-5-7-9-16/h5-9H,3-4,10-15H2,1-2H3,(H,24,26). The van der Waals surface area contributed by atoms with E-state index in [1.807, 2.05) is 0 Å². The number of ether oxygens (including phenoxy) is 2. The van der Waals surface area contributed by atoms with E-state index >= 15 is 0 Å². The van der Waals surface area contributed by atoms with Gasteiger partial charge in [-0.2, -0.15) is 0 Å². The maximum atomic E-state index is 12.7. The maximum Gasteiger partial charge on any atom is 0.410 e. The highest BCUT2D eigenvalue weighted by molar-refractivity contribution is 7.90. The van der Waals surface area contributed by atoms with E-state index in [9.17, 15) is 22.8 Å². The summed E-state index contributed by atoms with van der Waals surface area (Å²) < 4.78 is 35.1. The number of nitrogens with one attached hydrogen (secondary N) is 1. The summed E-state index contributed by atoms with van der Waals surface area (Å²) in [5.74, 6) is -1.53. The van der Waals surface area contributed by atoms with Crippen LogP contribution >= 0.6 is 11.3 Å². The second kappa shape index (κ2) is 11.5. The normalized spacial score (nSPS) is 13.2. The monoisotopic (exact) mass is 508 g/mol. The number of thiophene rings is 1. The van der Waals surface area contributed by atoms with E-state index in [2.05, 4.69) is 5.32 Å². The van der Waals surface area contributed by atoms with Crippen molar-refractivity contribution in [1.82, 2.24) is 4.90 Å². The minimum atomic E-state index is -3.49. The van der Waals surface area contributed by atoms with Crippen LogP contribution in [0.4, 0.5) is 9.80 Å². The van der Waals surface area contributed by atoms with Crippen molar-refractivity contribution in [2.24, 2.45) is 0 Å². The zero-order chi connectivity index (χ0) is 24.7. The van der Waals surface area contributed by atoms with E-state index in [4.69, 9.17) is 9.47 Å². The molecule has 0 saturated heterocycles. The summed E-state index contributed by atoms with van der Waals surface area (Å²) >= 11 is 1.19. The van der Waals surface area contributed by atoms with Crippen molar-refractivity contribution < 1.29 is 32.3 Å². The molecule has 0 spiro atoms. The average Bonchev–Trinajstić information content (AvgIpc) is 3.15. The molecule has 0 saturated carbocycles. The third-order valence-electron chi connectivity index (χ3n) is 5.18. The van der Waals surface area contributed by atoms with E-state index in [0.29, 0.717) is 23.5 Å². The Hall–Kier alpha value is -2.92. The molecule has 1 N–H and O–H groups in total. The number of rotatable bonds is 9. The van der Waals surface area contributed by atoms with Crippen molar-refractivity contribution in [2.75, 3.05) is 30.8 Å². The molecule has 184 valence electrons. The second-order valence-electron chi connectivity index (χ2n) is 7.67. The first kappa shape index (κ1) is 25.7. The number of benzene rings is 1. The summed E-state index contributed by atoms with van der Waals surface area (Å²) in [4.78, 5) is 39.7. The fourth-order valence-electron chi connectivity index (χ4n) is 3.62. The Bertz CT molecular complexity index is 1140. The van der Waals surface area contributed by atoms with Gasteiger partial charge in [-0.1, -0.05) is 30.3 Å². The summed E-state index contributed by atoms with van der Waals surface area (Å²) in [5.41, 5.74) is 1.66. The second-order valence-corrected chi connectivity index (χ2v) is 11.0. The van der Waals surface area contributed by atoms with Gasteiger partial charge in [0.05, 0.1) is 36.8 Å². The molecule has 0 bridgehead atoms. The molecule has 0 unspecified atom stereocenters. The number of esters is 1. The molecule has 1 aromatic carbocycles. The molecule has 0 fully saturated rings. The minimum absolute atomic E-state index is 0.147. The van der Waals surface area contributed by atoms with Gasteiger partial charge in [-0.15, -0.1) is 11.3 Å². The zero-order valence-corrected chi connectivity index (χ0v) is 20.8. The molecule has 2 heterocycles. The number of anilines is 1. The fraction of sp³-hybridized carbons (Fsp3) is 0.435. The van der Waals surface area contributed by atoms with E-state index in [0.717, 1.165) is 10.4 Å². The first-order chi connectivity index (χ1) is 16.2. The highest BCUT2D eigenvalue weighted by atomic mass is 32.2. The minimum Gasteiger partial charge on any atom is -0.462 e. The average molecular weight is 509 g/mol. The van der Waals surface area contributed by atoms with Crippen LogP contribution in [0.2, 0.25) is 0 Å². The van der Waals surface area contributed by atoms with Crippen LogP contribution in [-0.4, -0.2) is 56.8 Å². The molecule has 1 aromatic heterocycles. The molecule has 9 nitrogen and oxygen atoms in total. The topological polar surface area (TPSA) is 119 Å². The van der Waals surface area contributed by atoms with Crippen molar-refractivity contribution in [1.29, 1.82) is 0 Å². The number of hydrogen-bond donors (Lipinski definition) is 1. The molecule has 1 aliphatic rings. The van der Waals surface area contributed by atoms with Crippen LogP contribution < -0.4 is 5.32 Å². The molecule has 2 aromatic rings. The SMILES string of the molecule is CCOC(=O)c1c(NC(=O)CCS(=O)(=O)Cc2ccccc2)sc2c1CCN(C(=O)OCC)C2. The molecule has 0 radical (unpaired) electrons. The lowest BCUT2D eigenvalue weighted by atomic mass is 10.0. The largest absolute Gasteiger partial charge is 0.462 e. The van der Waals surface area contributed by atoms with Gasteiger partial charge in [-0.3, -0.25) is 4.79 Å². The van der Waals surface area contributed by atoms with E-state index in [1.165, 1.54) is 11.3 Å². The summed E-state index contributed by atoms with van der Waals surface area (Å²) in [6.45, 7) is 4.48. The predicted molar refractivity (Wildman–Crippen MR) is 129 cm³/mol. The molecule has 3 rings (SSSR count). The van der Waals surface area contributed by atoms with Gasteiger partial charge in [0.2, 0.25) is 5.91 Å². The van der Waals surface area contributed by atoms with E-state index in [-0.39, 0.29) is 43.2 Å². The van der Waals surface area contributed by atoms with Gasteiger partial charge in [0.25, 0.3) is 0 Å². The molecular weight excluding hydrogens is 480 g/mol. The molecule has 11 heteroatoms. The lowest BCUT2D eigenvalue weighted by Gasteiger charge is -2.26. The van der Waals surface area contributed by atoms with Crippen LogP contribution in [0.25, 0.3) is 0 Å². The van der Waals surface area contributed by atoms with Gasteiger partial charge < -0.3 is 19.7 Å². The Balaban J connectivity index is 1.72. The molecule has 0 aliphatic carbocycles. The van der Waals surface area contributed by atoms with Crippen molar-refractivity contribution in [2.45, 2.75) is 39.0 Å². The van der Waals surface area contributed by atoms with Crippen molar-refractivity contribution in [3.05, 3.63) is 51.9 Å². The van der Waals surface area contributed by atoms with E-state index in [1.54, 1.807) is 49.1 Å². The summed E-state index contributed by atoms with van der Waals surface area (Å²) in [7, 11) is -3.49. The van der Waals surface area contributed by atoms with Crippen LogP contribution in [0.3, 0.4) is 0 Å². The van der Waals surface area contributed by atoms with Gasteiger partial charge in [0.1, 0.15) is 5.00 Å². The van der Waals surface area contributed by atoms with Crippen molar-refractivity contribution >= 4 is 44.1 Å². The number of sulfone groups is 1. The number of hydrogen-bond acceptors (Lipinski definition) is 8. The lowest BCUT2D eigenvalue weighted by Crippen LogP contribution is -2.36. The molecular formula is C23H28N2O7S2. The summed E-state index contributed by atoms with van der Waals surface area (Å²) in [5, 5.41) is 3.00. The van der Waals surface area contributed by atoms with E-state index < -0.39 is 27.8 Å². The van der Waals surface area contributed by atoms with Gasteiger partial charge in [-0.25, -0.2) is 18.0 Å². The van der Waals surface area contributed by atoms with Crippen LogP contribution in [-0.2, 0) is 42.8 Å². The Kier molecular flexibility index (Phi) is 8.67. The lowest BCUT2D eigenvalue weighted by molar-refractivity contribution is -0.115. The van der Waals surface area contributed by atoms with Crippen molar-refractivity contribution in [3.63, 3.8) is 0 Å². The number of fused-ring (bicyclic) bond motifs is 1. The number of nitrogens with zero attached hydrogens (tertiary/aromatic N) is 1. The van der Waals surface area contributed by atoms with Gasteiger partial charge >= 0.3 is 12.1 Å². The van der Waals surface area contributed by atoms with Crippen LogP contribution in [0.1, 0.15) is 46.6 Å². The summed E-state index contributed by atoms with van der Waals surface area (Å²) in [6, 6.07) is 8.77. The van der Waals surface area contributed by atoms with Crippen molar-refractivity contribution in [3.8, 4) is 0 Å². The fourth-order valence-corrected chi connectivity index (χ4v) is 6.23. The van der Waals surface area contributed by atoms with Crippen LogP contribution in [0.5, 0.6) is 0 Å². The third kappa shape index (κ3) is 6.57. The Morgan fingerprint density at radius 1 is 1.09 bits per heavy atom. The van der Waals surface area contributed by atoms with Crippen LogP contribution in [0, 0.1) is 0 Å². The quantitative estimate of drug-likeness (QED) is 0.516. The smallest absolute Gasteiger partial charge is 0.410 e. The molecule has 0 atom stereocenters. The van der Waals surface area contributed by atoms with Gasteiger partial charge in [0, 0.05) is 17.8 Å². The first-order valence-electron chi connectivity index (χ1n) is 11.0. The number of carbonyl (C=O) groups excluding carboxylic acids is 3. The Morgan fingerprint density at radius 2 is 1.79 bits per heavy atom.